The molecule has 0 aromatic heterocycles. The Bertz CT molecular complexity index is 148. The molecule has 0 aromatic carbocycles. The van der Waals surface area contributed by atoms with Crippen LogP contribution >= 0.6 is 0 Å². The first-order valence-corrected chi connectivity index (χ1v) is 5.03. The molecule has 0 radical (unpaired) electrons. The van der Waals surface area contributed by atoms with Crippen LogP contribution in [-0.4, -0.2) is 11.2 Å². The minimum Gasteiger partial charge on any atom is -0.393 e. The molecule has 0 unspecified atom stereocenters. The van der Waals surface area contributed by atoms with Crippen molar-refractivity contribution in [3.63, 3.8) is 0 Å². The molecule has 1 aliphatic rings. The van der Waals surface area contributed by atoms with Crippen LogP contribution in [0.1, 0.15) is 51.4 Å². The lowest BCUT2D eigenvalue weighted by molar-refractivity contribution is 0.148. The van der Waals surface area contributed by atoms with Gasteiger partial charge in [0.05, 0.1) is 6.10 Å². The standard InChI is InChI=1S/C11H18O/c12-11-9-7-5-3-1-2-4-6-8-10-11/h11-12H,3-10H2. The van der Waals surface area contributed by atoms with Gasteiger partial charge in [0.1, 0.15) is 0 Å². The summed E-state index contributed by atoms with van der Waals surface area (Å²) < 4.78 is 0. The first-order valence-electron chi connectivity index (χ1n) is 5.03. The highest BCUT2D eigenvalue weighted by atomic mass is 16.3. The van der Waals surface area contributed by atoms with E-state index in [0.717, 1.165) is 51.4 Å². The number of rotatable bonds is 0. The maximum absolute atomic E-state index is 9.48. The number of hydrogen-bond donors (Lipinski definition) is 1. The van der Waals surface area contributed by atoms with Crippen molar-refractivity contribution in [1.29, 1.82) is 0 Å². The highest BCUT2D eigenvalue weighted by Gasteiger charge is 2.03. The third kappa shape index (κ3) is 4.41. The van der Waals surface area contributed by atoms with Gasteiger partial charge in [-0.3, -0.25) is 0 Å². The monoisotopic (exact) mass is 166 g/mol. The quantitative estimate of drug-likeness (QED) is 0.548. The summed E-state index contributed by atoms with van der Waals surface area (Å²) in [4.78, 5) is 0. The lowest BCUT2D eigenvalue weighted by atomic mass is 10.1. The van der Waals surface area contributed by atoms with Crippen LogP contribution < -0.4 is 0 Å². The largest absolute Gasteiger partial charge is 0.393 e. The van der Waals surface area contributed by atoms with Gasteiger partial charge in [-0.1, -0.05) is 0 Å². The van der Waals surface area contributed by atoms with E-state index in [4.69, 9.17) is 0 Å². The predicted molar refractivity (Wildman–Crippen MR) is 50.7 cm³/mol. The molecule has 1 rings (SSSR count). The normalized spacial score (nSPS) is 22.1. The predicted octanol–water partition coefficient (Wildman–Crippen LogP) is 2.49. The SMILES string of the molecule is OC1CCCCC#CCCCC1. The molecule has 1 heteroatoms. The fraction of sp³-hybridized carbons (Fsp3) is 0.818. The lowest BCUT2D eigenvalue weighted by Gasteiger charge is -2.08. The molecule has 1 aliphatic carbocycles. The van der Waals surface area contributed by atoms with Gasteiger partial charge in [0, 0.05) is 12.8 Å². The average molecular weight is 166 g/mol. The highest BCUT2D eigenvalue weighted by molar-refractivity contribution is 4.98. The molecule has 0 spiro atoms. The van der Waals surface area contributed by atoms with E-state index in [2.05, 4.69) is 11.8 Å². The maximum atomic E-state index is 9.48. The molecule has 1 nitrogen and oxygen atoms in total. The van der Waals surface area contributed by atoms with Crippen LogP contribution in [-0.2, 0) is 0 Å². The summed E-state index contributed by atoms with van der Waals surface area (Å²) in [6.07, 6.45) is 8.52. The molecule has 0 saturated carbocycles. The molecule has 0 saturated heterocycles. The summed E-state index contributed by atoms with van der Waals surface area (Å²) in [6, 6.07) is 0. The Hall–Kier alpha value is -0.480. The van der Waals surface area contributed by atoms with Crippen molar-refractivity contribution in [3.8, 4) is 11.8 Å². The van der Waals surface area contributed by atoms with Gasteiger partial charge >= 0.3 is 0 Å². The second-order valence-electron chi connectivity index (χ2n) is 3.50. The van der Waals surface area contributed by atoms with Gasteiger partial charge in [0.2, 0.25) is 0 Å². The van der Waals surface area contributed by atoms with E-state index in [-0.39, 0.29) is 6.10 Å². The zero-order valence-corrected chi connectivity index (χ0v) is 7.68. The van der Waals surface area contributed by atoms with Crippen molar-refractivity contribution in [2.24, 2.45) is 0 Å². The van der Waals surface area contributed by atoms with Gasteiger partial charge in [-0.05, 0) is 38.5 Å². The summed E-state index contributed by atoms with van der Waals surface area (Å²) in [6.45, 7) is 0. The molecule has 1 N–H and O–H groups in total. The molecule has 0 aromatic rings. The first-order chi connectivity index (χ1) is 5.89. The van der Waals surface area contributed by atoms with Gasteiger partial charge in [-0.15, -0.1) is 11.8 Å². The molecule has 12 heavy (non-hydrogen) atoms. The van der Waals surface area contributed by atoms with Gasteiger partial charge in [-0.25, -0.2) is 0 Å². The zero-order chi connectivity index (χ0) is 8.65. The van der Waals surface area contributed by atoms with Crippen molar-refractivity contribution in [1.82, 2.24) is 0 Å². The van der Waals surface area contributed by atoms with Crippen molar-refractivity contribution in [2.45, 2.75) is 57.5 Å². The minimum atomic E-state index is -0.0527. The van der Waals surface area contributed by atoms with E-state index in [0.29, 0.717) is 0 Å². The van der Waals surface area contributed by atoms with E-state index >= 15 is 0 Å². The molecule has 0 heterocycles. The van der Waals surface area contributed by atoms with E-state index in [1.807, 2.05) is 0 Å². The van der Waals surface area contributed by atoms with E-state index in [9.17, 15) is 5.11 Å². The summed E-state index contributed by atoms with van der Waals surface area (Å²) in [5, 5.41) is 9.48. The van der Waals surface area contributed by atoms with Crippen molar-refractivity contribution in [2.75, 3.05) is 0 Å². The van der Waals surface area contributed by atoms with Crippen molar-refractivity contribution >= 4 is 0 Å². The molecule has 0 fully saturated rings. The second-order valence-corrected chi connectivity index (χ2v) is 3.50. The fourth-order valence-electron chi connectivity index (χ4n) is 1.51. The van der Waals surface area contributed by atoms with Gasteiger partial charge in [-0.2, -0.15) is 0 Å². The second kappa shape index (κ2) is 6.08. The number of aliphatic hydroxyl groups excluding tert-OH is 1. The van der Waals surface area contributed by atoms with Crippen molar-refractivity contribution < 1.29 is 5.11 Å². The molecular weight excluding hydrogens is 148 g/mol. The topological polar surface area (TPSA) is 20.2 Å². The van der Waals surface area contributed by atoms with Crippen LogP contribution in [0.3, 0.4) is 0 Å². The summed E-state index contributed by atoms with van der Waals surface area (Å²) in [5.74, 6) is 6.33. The van der Waals surface area contributed by atoms with Crippen LogP contribution in [0.15, 0.2) is 0 Å². The Kier molecular flexibility index (Phi) is 4.87. The minimum absolute atomic E-state index is 0.0527. The zero-order valence-electron chi connectivity index (χ0n) is 7.68. The third-order valence-corrected chi connectivity index (χ3v) is 2.30. The molecule has 0 amide bonds. The molecule has 0 atom stereocenters. The van der Waals surface area contributed by atoms with Crippen LogP contribution in [0.4, 0.5) is 0 Å². The van der Waals surface area contributed by atoms with Gasteiger partial charge in [0.15, 0.2) is 0 Å². The van der Waals surface area contributed by atoms with Crippen LogP contribution in [0.2, 0.25) is 0 Å². The van der Waals surface area contributed by atoms with Gasteiger partial charge < -0.3 is 5.11 Å². The Labute approximate surface area is 75.2 Å². The van der Waals surface area contributed by atoms with Crippen LogP contribution in [0.25, 0.3) is 0 Å². The summed E-state index contributed by atoms with van der Waals surface area (Å²) in [7, 11) is 0. The van der Waals surface area contributed by atoms with Gasteiger partial charge in [0.25, 0.3) is 0 Å². The summed E-state index contributed by atoms with van der Waals surface area (Å²) >= 11 is 0. The van der Waals surface area contributed by atoms with E-state index in [1.54, 1.807) is 0 Å². The summed E-state index contributed by atoms with van der Waals surface area (Å²) in [5.41, 5.74) is 0. The molecule has 68 valence electrons. The van der Waals surface area contributed by atoms with Crippen LogP contribution in [0, 0.1) is 11.8 Å². The average Bonchev–Trinajstić information content (AvgIpc) is 2.11. The van der Waals surface area contributed by atoms with Crippen molar-refractivity contribution in [3.05, 3.63) is 0 Å². The molecular formula is C11H18O. The molecule has 0 aliphatic heterocycles. The Morgan fingerprint density at radius 1 is 0.833 bits per heavy atom. The number of hydrogen-bond acceptors (Lipinski definition) is 1. The van der Waals surface area contributed by atoms with E-state index < -0.39 is 0 Å². The first kappa shape index (κ1) is 9.61. The Morgan fingerprint density at radius 3 is 1.83 bits per heavy atom. The number of aliphatic hydroxyl groups is 1. The maximum Gasteiger partial charge on any atom is 0.0540 e. The highest BCUT2D eigenvalue weighted by Crippen LogP contribution is 2.11. The third-order valence-electron chi connectivity index (χ3n) is 2.30. The smallest absolute Gasteiger partial charge is 0.0540 e. The Morgan fingerprint density at radius 2 is 1.33 bits per heavy atom. The van der Waals surface area contributed by atoms with E-state index in [1.165, 1.54) is 0 Å². The van der Waals surface area contributed by atoms with Crippen LogP contribution in [0.5, 0.6) is 0 Å². The fourth-order valence-corrected chi connectivity index (χ4v) is 1.51. The lowest BCUT2D eigenvalue weighted by Crippen LogP contribution is -2.05. The molecule has 0 bridgehead atoms. The Balaban J connectivity index is 2.24.